The van der Waals surface area contributed by atoms with Gasteiger partial charge in [-0.25, -0.2) is 0 Å². The highest BCUT2D eigenvalue weighted by Crippen LogP contribution is 2.36. The highest BCUT2D eigenvalue weighted by molar-refractivity contribution is 6.27. The minimum absolute atomic E-state index is 1.19. The molecule has 2 N–H and O–H groups in total. The lowest BCUT2D eigenvalue weighted by atomic mass is 10.1. The van der Waals surface area contributed by atoms with Crippen molar-refractivity contribution in [2.75, 3.05) is 0 Å². The van der Waals surface area contributed by atoms with E-state index in [4.69, 9.17) is 0 Å². The highest BCUT2D eigenvalue weighted by atomic mass is 14.7. The summed E-state index contributed by atoms with van der Waals surface area (Å²) in [4.78, 5) is 7.02. The Morgan fingerprint density at radius 3 is 1.25 bits per heavy atom. The van der Waals surface area contributed by atoms with Crippen LogP contribution in [0.25, 0.3) is 43.6 Å². The summed E-state index contributed by atoms with van der Waals surface area (Å²) in [5.41, 5.74) is 4.78. The van der Waals surface area contributed by atoms with Crippen LogP contribution in [0.3, 0.4) is 0 Å². The Balaban J connectivity index is 0.000000396. The molecule has 2 heterocycles. The quantitative estimate of drug-likeness (QED) is 0.308. The molecule has 24 heavy (non-hydrogen) atoms. The average molecular weight is 316 g/mol. The number of hydrogen-bond donors (Lipinski definition) is 2. The van der Waals surface area contributed by atoms with Crippen LogP contribution in [0.5, 0.6) is 0 Å². The maximum Gasteiger partial charge on any atom is 0.0472 e. The van der Waals surface area contributed by atoms with E-state index in [0.29, 0.717) is 0 Å². The van der Waals surface area contributed by atoms with Crippen molar-refractivity contribution < 1.29 is 0 Å². The molecule has 0 atom stereocenters. The van der Waals surface area contributed by atoms with Gasteiger partial charge in [0.25, 0.3) is 0 Å². The van der Waals surface area contributed by atoms with Crippen LogP contribution in [0.1, 0.15) is 27.7 Å². The number of para-hydroxylation sites is 2. The predicted molar refractivity (Wildman–Crippen MR) is 108 cm³/mol. The molecule has 2 nitrogen and oxygen atoms in total. The first-order valence-electron chi connectivity index (χ1n) is 8.82. The normalized spacial score (nSPS) is 10.5. The standard InChI is InChI=1S/C18H12N2.2C2H6/c1-3-7-13-11(5-1)17-15(19-13)9-10-16-18(17)12-6-2-4-8-14(12)20-16;2*1-2/h1-10,19-20H;2*1-2H3. The number of fused-ring (bicyclic) bond motifs is 7. The molecule has 0 fully saturated rings. The zero-order chi connectivity index (χ0) is 17.1. The van der Waals surface area contributed by atoms with Crippen molar-refractivity contribution in [2.24, 2.45) is 0 Å². The minimum Gasteiger partial charge on any atom is -0.354 e. The molecule has 2 aromatic heterocycles. The first kappa shape index (κ1) is 16.1. The molecule has 0 radical (unpaired) electrons. The summed E-state index contributed by atoms with van der Waals surface area (Å²) in [5.74, 6) is 0. The second kappa shape index (κ2) is 6.79. The third-order valence-corrected chi connectivity index (χ3v) is 4.14. The summed E-state index contributed by atoms with van der Waals surface area (Å²) in [6.45, 7) is 8.00. The number of benzene rings is 3. The summed E-state index contributed by atoms with van der Waals surface area (Å²) in [6, 6.07) is 21.3. The van der Waals surface area contributed by atoms with Crippen LogP contribution in [-0.4, -0.2) is 9.97 Å². The maximum absolute atomic E-state index is 3.51. The second-order valence-electron chi connectivity index (χ2n) is 5.25. The Labute approximate surface area is 142 Å². The monoisotopic (exact) mass is 316 g/mol. The molecule has 0 saturated heterocycles. The van der Waals surface area contributed by atoms with Gasteiger partial charge in [0.05, 0.1) is 0 Å². The van der Waals surface area contributed by atoms with E-state index in [2.05, 4.69) is 70.6 Å². The van der Waals surface area contributed by atoms with E-state index in [1.807, 2.05) is 27.7 Å². The van der Waals surface area contributed by atoms with Crippen LogP contribution >= 0.6 is 0 Å². The predicted octanol–water partition coefficient (Wildman–Crippen LogP) is 7.01. The molecule has 2 heteroatoms. The summed E-state index contributed by atoms with van der Waals surface area (Å²) in [7, 11) is 0. The fourth-order valence-electron chi connectivity index (χ4n) is 3.28. The minimum atomic E-state index is 1.19. The van der Waals surface area contributed by atoms with E-state index >= 15 is 0 Å². The molecule has 5 aromatic rings. The molecule has 0 amide bonds. The van der Waals surface area contributed by atoms with E-state index in [1.165, 1.54) is 43.6 Å². The fourth-order valence-corrected chi connectivity index (χ4v) is 3.28. The Morgan fingerprint density at radius 2 is 0.833 bits per heavy atom. The van der Waals surface area contributed by atoms with Gasteiger partial charge >= 0.3 is 0 Å². The first-order valence-corrected chi connectivity index (χ1v) is 8.82. The molecule has 0 aliphatic heterocycles. The van der Waals surface area contributed by atoms with Crippen molar-refractivity contribution in [3.63, 3.8) is 0 Å². The van der Waals surface area contributed by atoms with Crippen molar-refractivity contribution in [1.82, 2.24) is 9.97 Å². The molecule has 5 rings (SSSR count). The largest absolute Gasteiger partial charge is 0.354 e. The molecule has 0 aliphatic carbocycles. The number of aromatic nitrogens is 2. The summed E-state index contributed by atoms with van der Waals surface area (Å²) in [6.07, 6.45) is 0. The Kier molecular flexibility index (Phi) is 4.57. The molecule has 0 bridgehead atoms. The van der Waals surface area contributed by atoms with Gasteiger partial charge in [-0.3, -0.25) is 0 Å². The topological polar surface area (TPSA) is 31.6 Å². The van der Waals surface area contributed by atoms with Gasteiger partial charge in [-0.1, -0.05) is 64.1 Å². The van der Waals surface area contributed by atoms with Crippen molar-refractivity contribution in [1.29, 1.82) is 0 Å². The van der Waals surface area contributed by atoms with Gasteiger partial charge in [0.15, 0.2) is 0 Å². The van der Waals surface area contributed by atoms with Crippen LogP contribution in [0.2, 0.25) is 0 Å². The second-order valence-corrected chi connectivity index (χ2v) is 5.25. The number of H-pyrrole nitrogens is 2. The molecule has 0 aliphatic rings. The lowest BCUT2D eigenvalue weighted by molar-refractivity contribution is 1.50. The van der Waals surface area contributed by atoms with Crippen molar-refractivity contribution >= 4 is 43.6 Å². The number of nitrogens with one attached hydrogen (secondary N) is 2. The van der Waals surface area contributed by atoms with Crippen molar-refractivity contribution in [3.8, 4) is 0 Å². The van der Waals surface area contributed by atoms with Gasteiger partial charge in [-0.2, -0.15) is 0 Å². The molecule has 0 unspecified atom stereocenters. The first-order chi connectivity index (χ1) is 11.9. The summed E-state index contributed by atoms with van der Waals surface area (Å²) < 4.78 is 0. The van der Waals surface area contributed by atoms with Crippen molar-refractivity contribution in [2.45, 2.75) is 27.7 Å². The van der Waals surface area contributed by atoms with Crippen molar-refractivity contribution in [3.05, 3.63) is 60.7 Å². The third kappa shape index (κ3) is 2.35. The summed E-state index contributed by atoms with van der Waals surface area (Å²) >= 11 is 0. The van der Waals surface area contributed by atoms with Crippen LogP contribution in [0.15, 0.2) is 60.7 Å². The average Bonchev–Trinajstić information content (AvgIpc) is 3.22. The van der Waals surface area contributed by atoms with E-state index in [-0.39, 0.29) is 0 Å². The van der Waals surface area contributed by atoms with Crippen LogP contribution in [-0.2, 0) is 0 Å². The zero-order valence-electron chi connectivity index (χ0n) is 14.8. The van der Waals surface area contributed by atoms with Crippen LogP contribution in [0, 0.1) is 0 Å². The van der Waals surface area contributed by atoms with Gasteiger partial charge in [0.1, 0.15) is 0 Å². The molecule has 0 saturated carbocycles. The van der Waals surface area contributed by atoms with Gasteiger partial charge in [-0.05, 0) is 24.3 Å². The SMILES string of the molecule is CC.CC.c1ccc2c(c1)[nH]c1ccc3[nH]c4ccccc4c3c12. The van der Waals surface area contributed by atoms with E-state index in [0.717, 1.165) is 0 Å². The fraction of sp³-hybridized carbons (Fsp3) is 0.182. The lowest BCUT2D eigenvalue weighted by Gasteiger charge is -1.96. The number of rotatable bonds is 0. The molecule has 0 spiro atoms. The Hall–Kier alpha value is -2.74. The Morgan fingerprint density at radius 1 is 0.458 bits per heavy atom. The van der Waals surface area contributed by atoms with Gasteiger partial charge in [0, 0.05) is 43.6 Å². The smallest absolute Gasteiger partial charge is 0.0472 e. The van der Waals surface area contributed by atoms with E-state index < -0.39 is 0 Å². The maximum atomic E-state index is 3.51. The molecule has 122 valence electrons. The highest BCUT2D eigenvalue weighted by Gasteiger charge is 2.11. The molecular weight excluding hydrogens is 292 g/mol. The summed E-state index contributed by atoms with van der Waals surface area (Å²) in [5, 5.41) is 5.21. The van der Waals surface area contributed by atoms with Crippen LogP contribution < -0.4 is 0 Å². The van der Waals surface area contributed by atoms with Gasteiger partial charge in [0.2, 0.25) is 0 Å². The van der Waals surface area contributed by atoms with Gasteiger partial charge < -0.3 is 9.97 Å². The van der Waals surface area contributed by atoms with E-state index in [9.17, 15) is 0 Å². The van der Waals surface area contributed by atoms with Crippen LogP contribution in [0.4, 0.5) is 0 Å². The molecule has 3 aromatic carbocycles. The van der Waals surface area contributed by atoms with Gasteiger partial charge in [-0.15, -0.1) is 0 Å². The third-order valence-electron chi connectivity index (χ3n) is 4.14. The number of aromatic amines is 2. The number of hydrogen-bond acceptors (Lipinski definition) is 0. The molecular formula is C22H24N2. The Bertz CT molecular complexity index is 1010. The zero-order valence-corrected chi connectivity index (χ0v) is 14.8. The lowest BCUT2D eigenvalue weighted by Crippen LogP contribution is -1.71. The van der Waals surface area contributed by atoms with E-state index in [1.54, 1.807) is 0 Å².